The van der Waals surface area contributed by atoms with Crippen LogP contribution in [-0.4, -0.2) is 24.1 Å². The van der Waals surface area contributed by atoms with E-state index in [1.54, 1.807) is 0 Å². The maximum atomic E-state index is 11.7. The molecule has 3 nitrogen and oxygen atoms in total. The topological polar surface area (TPSA) is 29.5 Å². The van der Waals surface area contributed by atoms with Gasteiger partial charge in [-0.05, 0) is 19.3 Å². The predicted octanol–water partition coefficient (Wildman–Crippen LogP) is 7.58. The third-order valence-electron chi connectivity index (χ3n) is 5.78. The zero-order valence-corrected chi connectivity index (χ0v) is 18.3. The van der Waals surface area contributed by atoms with E-state index < -0.39 is 0 Å². The Morgan fingerprint density at radius 2 is 1.00 bits per heavy atom. The molecule has 0 amide bonds. The Labute approximate surface area is 169 Å². The maximum Gasteiger partial charge on any atom is 0.325 e. The van der Waals surface area contributed by atoms with Crippen molar-refractivity contribution in [1.29, 1.82) is 0 Å². The summed E-state index contributed by atoms with van der Waals surface area (Å²) in [6, 6.07) is 0. The summed E-state index contributed by atoms with van der Waals surface area (Å²) in [4.78, 5) is 17.0. The smallest absolute Gasteiger partial charge is 0.325 e. The molecule has 1 rings (SSSR count). The van der Waals surface area contributed by atoms with Crippen molar-refractivity contribution < 1.29 is 9.63 Å². The van der Waals surface area contributed by atoms with Crippen LogP contribution in [0.1, 0.15) is 135 Å². The van der Waals surface area contributed by atoms with E-state index in [1.165, 1.54) is 103 Å². The molecular weight excluding hydrogens is 334 g/mol. The molecule has 0 aromatic rings. The molecule has 0 saturated carbocycles. The van der Waals surface area contributed by atoms with Crippen LogP contribution in [0.4, 0.5) is 0 Å². The largest absolute Gasteiger partial charge is 0.368 e. The van der Waals surface area contributed by atoms with Gasteiger partial charge in [-0.25, -0.2) is 0 Å². The molecule has 3 heteroatoms. The molecule has 1 saturated heterocycles. The highest BCUT2D eigenvalue weighted by atomic mass is 16.7. The Bertz CT molecular complexity index is 326. The lowest BCUT2D eigenvalue weighted by atomic mass is 10.0. The minimum absolute atomic E-state index is 0.0298. The summed E-state index contributed by atoms with van der Waals surface area (Å²) in [7, 11) is 0. The quantitative estimate of drug-likeness (QED) is 0.216. The first-order valence-corrected chi connectivity index (χ1v) is 12.3. The molecule has 0 unspecified atom stereocenters. The third-order valence-corrected chi connectivity index (χ3v) is 5.78. The highest BCUT2D eigenvalue weighted by Gasteiger charge is 2.15. The van der Waals surface area contributed by atoms with Gasteiger partial charge in [0.2, 0.25) is 0 Å². The van der Waals surface area contributed by atoms with Crippen molar-refractivity contribution in [2.24, 2.45) is 0 Å². The molecule has 0 aromatic heterocycles. The lowest BCUT2D eigenvalue weighted by molar-refractivity contribution is -0.185. The zero-order chi connectivity index (χ0) is 19.4. The molecule has 0 bridgehead atoms. The van der Waals surface area contributed by atoms with Gasteiger partial charge in [-0.3, -0.25) is 4.79 Å². The molecule has 0 atom stereocenters. The number of carbonyl (C=O) groups excluding carboxylic acids is 1. The van der Waals surface area contributed by atoms with Crippen molar-refractivity contribution >= 4 is 5.97 Å². The van der Waals surface area contributed by atoms with Crippen LogP contribution >= 0.6 is 0 Å². The summed E-state index contributed by atoms with van der Waals surface area (Å²) in [6.07, 6.45) is 26.2. The van der Waals surface area contributed by atoms with Gasteiger partial charge in [-0.1, -0.05) is 110 Å². The van der Waals surface area contributed by atoms with Crippen molar-refractivity contribution in [2.75, 3.05) is 13.1 Å². The zero-order valence-electron chi connectivity index (χ0n) is 18.3. The SMILES string of the molecule is CCCCCCCCCCCCCCCCCCCC(=O)ON1CCCC1. The molecule has 0 aliphatic carbocycles. The van der Waals surface area contributed by atoms with Crippen LogP contribution in [0, 0.1) is 0 Å². The second-order valence-corrected chi connectivity index (χ2v) is 8.51. The maximum absolute atomic E-state index is 11.7. The highest BCUT2D eigenvalue weighted by Crippen LogP contribution is 2.15. The number of hydrogen-bond acceptors (Lipinski definition) is 3. The molecule has 1 heterocycles. The van der Waals surface area contributed by atoms with Gasteiger partial charge in [0.05, 0.1) is 0 Å². The van der Waals surface area contributed by atoms with Gasteiger partial charge in [-0.2, -0.15) is 0 Å². The van der Waals surface area contributed by atoms with E-state index in [4.69, 9.17) is 4.84 Å². The van der Waals surface area contributed by atoms with Crippen molar-refractivity contribution in [3.63, 3.8) is 0 Å². The number of rotatable bonds is 19. The molecule has 0 N–H and O–H groups in total. The summed E-state index contributed by atoms with van der Waals surface area (Å²) in [6.45, 7) is 4.13. The van der Waals surface area contributed by atoms with Crippen molar-refractivity contribution in [3.05, 3.63) is 0 Å². The summed E-state index contributed by atoms with van der Waals surface area (Å²) in [5, 5.41) is 1.83. The summed E-state index contributed by atoms with van der Waals surface area (Å²) in [5.74, 6) is -0.0298. The second-order valence-electron chi connectivity index (χ2n) is 8.51. The molecule has 160 valence electrons. The third kappa shape index (κ3) is 16.1. The normalized spacial score (nSPS) is 14.7. The van der Waals surface area contributed by atoms with Crippen molar-refractivity contribution in [1.82, 2.24) is 5.06 Å². The lowest BCUT2D eigenvalue weighted by Gasteiger charge is -2.13. The van der Waals surface area contributed by atoms with E-state index in [1.807, 2.05) is 5.06 Å². The molecule has 0 spiro atoms. The summed E-state index contributed by atoms with van der Waals surface area (Å²) >= 11 is 0. The van der Waals surface area contributed by atoms with Crippen LogP contribution in [0.5, 0.6) is 0 Å². The Morgan fingerprint density at radius 1 is 0.630 bits per heavy atom. The Kier molecular flexibility index (Phi) is 17.0. The van der Waals surface area contributed by atoms with Gasteiger partial charge >= 0.3 is 5.97 Å². The Balaban J connectivity index is 1.69. The summed E-state index contributed by atoms with van der Waals surface area (Å²) < 4.78 is 0. The fraction of sp³-hybridized carbons (Fsp3) is 0.958. The van der Waals surface area contributed by atoms with Crippen molar-refractivity contribution in [2.45, 2.75) is 135 Å². The second kappa shape index (κ2) is 18.8. The van der Waals surface area contributed by atoms with Gasteiger partial charge < -0.3 is 4.84 Å². The standard InChI is InChI=1S/C24H47NO2/c1-2-3-4-5-6-7-8-9-10-11-12-13-14-15-16-17-18-21-24(26)27-25-22-19-20-23-25/h2-23H2,1H3. The minimum atomic E-state index is -0.0298. The number of nitrogens with zero attached hydrogens (tertiary/aromatic N) is 1. The fourth-order valence-corrected chi connectivity index (χ4v) is 3.96. The molecule has 1 aliphatic heterocycles. The Morgan fingerprint density at radius 3 is 1.41 bits per heavy atom. The molecular formula is C24H47NO2. The van der Waals surface area contributed by atoms with E-state index in [0.29, 0.717) is 6.42 Å². The highest BCUT2D eigenvalue weighted by molar-refractivity contribution is 5.68. The molecule has 0 aromatic carbocycles. The van der Waals surface area contributed by atoms with Crippen LogP contribution in [0.25, 0.3) is 0 Å². The van der Waals surface area contributed by atoms with Crippen LogP contribution in [0.2, 0.25) is 0 Å². The average Bonchev–Trinajstić information content (AvgIpc) is 3.17. The van der Waals surface area contributed by atoms with E-state index in [0.717, 1.165) is 32.4 Å². The summed E-state index contributed by atoms with van der Waals surface area (Å²) in [5.41, 5.74) is 0. The Hall–Kier alpha value is -0.570. The minimum Gasteiger partial charge on any atom is -0.368 e. The van der Waals surface area contributed by atoms with Gasteiger partial charge in [0.1, 0.15) is 0 Å². The first-order chi connectivity index (χ1) is 13.3. The number of hydrogen-bond donors (Lipinski definition) is 0. The van der Waals surface area contributed by atoms with Crippen molar-refractivity contribution in [3.8, 4) is 0 Å². The predicted molar refractivity (Wildman–Crippen MR) is 116 cm³/mol. The van der Waals surface area contributed by atoms with Gasteiger partial charge in [-0.15, -0.1) is 5.06 Å². The first-order valence-electron chi connectivity index (χ1n) is 12.3. The van der Waals surface area contributed by atoms with Gasteiger partial charge in [0.15, 0.2) is 0 Å². The molecule has 1 aliphatic rings. The van der Waals surface area contributed by atoms with Gasteiger partial charge in [0, 0.05) is 19.5 Å². The molecule has 0 radical (unpaired) electrons. The van der Waals surface area contributed by atoms with Crippen LogP contribution in [-0.2, 0) is 9.63 Å². The molecule has 1 fully saturated rings. The number of hydroxylamine groups is 2. The van der Waals surface area contributed by atoms with Crippen LogP contribution < -0.4 is 0 Å². The fourth-order valence-electron chi connectivity index (χ4n) is 3.96. The number of unbranched alkanes of at least 4 members (excludes halogenated alkanes) is 16. The van der Waals surface area contributed by atoms with Crippen LogP contribution in [0.3, 0.4) is 0 Å². The number of carbonyl (C=O) groups is 1. The first kappa shape index (κ1) is 24.5. The van der Waals surface area contributed by atoms with E-state index >= 15 is 0 Å². The van der Waals surface area contributed by atoms with E-state index in [9.17, 15) is 4.79 Å². The van der Waals surface area contributed by atoms with Crippen LogP contribution in [0.15, 0.2) is 0 Å². The van der Waals surface area contributed by atoms with Gasteiger partial charge in [0.25, 0.3) is 0 Å². The van der Waals surface area contributed by atoms with E-state index in [-0.39, 0.29) is 5.97 Å². The monoisotopic (exact) mass is 381 g/mol. The lowest BCUT2D eigenvalue weighted by Crippen LogP contribution is -2.23. The average molecular weight is 382 g/mol. The molecule has 27 heavy (non-hydrogen) atoms. The van der Waals surface area contributed by atoms with E-state index in [2.05, 4.69) is 6.92 Å².